The molecule has 2 N–H and O–H groups in total. The summed E-state index contributed by atoms with van der Waals surface area (Å²) in [5, 5.41) is 13.0. The zero-order valence-corrected chi connectivity index (χ0v) is 22.2. The molecule has 2 bridgehead atoms. The monoisotopic (exact) mass is 525 g/mol. The van der Waals surface area contributed by atoms with Gasteiger partial charge in [0.25, 0.3) is 5.91 Å². The summed E-state index contributed by atoms with van der Waals surface area (Å²) in [6, 6.07) is 0. The molecule has 0 saturated carbocycles. The SMILES string of the molecule is C/C1=C/C(O)CC(=O)Cc2nc(co2)C(=O)N2CCC=C2C(=O)OC(C(C)C)C(C)/C=C\C(=O)NCC=C1. The Balaban J connectivity index is 1.86. The van der Waals surface area contributed by atoms with Crippen molar-refractivity contribution in [2.24, 2.45) is 11.8 Å². The minimum Gasteiger partial charge on any atom is -0.457 e. The quantitative estimate of drug-likeness (QED) is 0.534. The van der Waals surface area contributed by atoms with E-state index in [9.17, 15) is 24.3 Å². The van der Waals surface area contributed by atoms with Crippen molar-refractivity contribution in [2.45, 2.75) is 59.2 Å². The number of aromatic nitrogens is 1. The van der Waals surface area contributed by atoms with Gasteiger partial charge in [-0.05, 0) is 25.3 Å². The molecule has 0 fully saturated rings. The third kappa shape index (κ3) is 7.85. The fourth-order valence-corrected chi connectivity index (χ4v) is 4.33. The number of fused-ring (bicyclic) bond motifs is 3. The summed E-state index contributed by atoms with van der Waals surface area (Å²) >= 11 is 0. The third-order valence-corrected chi connectivity index (χ3v) is 6.19. The average Bonchev–Trinajstić information content (AvgIpc) is 3.52. The van der Waals surface area contributed by atoms with Crippen molar-refractivity contribution in [3.63, 3.8) is 0 Å². The lowest BCUT2D eigenvalue weighted by Crippen LogP contribution is -2.36. The number of carbonyl (C=O) groups excluding carboxylic acids is 4. The molecular weight excluding hydrogens is 490 g/mol. The minimum absolute atomic E-state index is 0.0315. The molecule has 0 radical (unpaired) electrons. The van der Waals surface area contributed by atoms with Gasteiger partial charge < -0.3 is 24.5 Å². The number of rotatable bonds is 1. The highest BCUT2D eigenvalue weighted by molar-refractivity contribution is 6.00. The second kappa shape index (κ2) is 13.1. The molecule has 3 atom stereocenters. The molecule has 204 valence electrons. The molecule has 2 amide bonds. The van der Waals surface area contributed by atoms with E-state index in [0.29, 0.717) is 6.42 Å². The summed E-state index contributed by atoms with van der Waals surface area (Å²) in [7, 11) is 0. The van der Waals surface area contributed by atoms with Crippen LogP contribution in [0.2, 0.25) is 0 Å². The molecule has 2 aliphatic rings. The van der Waals surface area contributed by atoms with E-state index in [1.54, 1.807) is 37.3 Å². The molecule has 1 aromatic rings. The molecule has 10 heteroatoms. The Labute approximate surface area is 222 Å². The highest BCUT2D eigenvalue weighted by Crippen LogP contribution is 2.24. The second-order valence-corrected chi connectivity index (χ2v) is 9.84. The van der Waals surface area contributed by atoms with E-state index < -0.39 is 24.1 Å². The van der Waals surface area contributed by atoms with Gasteiger partial charge in [0.15, 0.2) is 5.69 Å². The number of amides is 2. The third-order valence-electron chi connectivity index (χ3n) is 6.19. The number of esters is 1. The van der Waals surface area contributed by atoms with Crippen molar-refractivity contribution in [1.82, 2.24) is 15.2 Å². The van der Waals surface area contributed by atoms with Crippen molar-refractivity contribution in [1.29, 1.82) is 0 Å². The largest absolute Gasteiger partial charge is 0.457 e. The van der Waals surface area contributed by atoms with Crippen molar-refractivity contribution in [2.75, 3.05) is 13.1 Å². The van der Waals surface area contributed by atoms with Gasteiger partial charge in [-0.25, -0.2) is 9.78 Å². The Morgan fingerprint density at radius 1 is 1.18 bits per heavy atom. The molecule has 0 spiro atoms. The van der Waals surface area contributed by atoms with Crippen LogP contribution in [0.3, 0.4) is 0 Å². The summed E-state index contributed by atoms with van der Waals surface area (Å²) in [6.45, 7) is 8.00. The number of nitrogens with zero attached hydrogens (tertiary/aromatic N) is 2. The van der Waals surface area contributed by atoms with E-state index in [1.807, 2.05) is 20.8 Å². The lowest BCUT2D eigenvalue weighted by Gasteiger charge is -2.27. The maximum absolute atomic E-state index is 13.1. The molecular formula is C28H35N3O7. The van der Waals surface area contributed by atoms with Gasteiger partial charge in [0.05, 0.1) is 12.5 Å². The van der Waals surface area contributed by atoms with Crippen LogP contribution >= 0.6 is 0 Å². The first-order valence-corrected chi connectivity index (χ1v) is 12.7. The van der Waals surface area contributed by atoms with Crippen LogP contribution in [-0.2, 0) is 25.5 Å². The fourth-order valence-electron chi connectivity index (χ4n) is 4.33. The van der Waals surface area contributed by atoms with Gasteiger partial charge in [-0.3, -0.25) is 14.4 Å². The van der Waals surface area contributed by atoms with Crippen LogP contribution < -0.4 is 5.32 Å². The number of hydrogen-bond donors (Lipinski definition) is 2. The number of aliphatic hydroxyl groups excluding tert-OH is 1. The first-order valence-electron chi connectivity index (χ1n) is 12.7. The Hall–Kier alpha value is -3.79. The van der Waals surface area contributed by atoms with Gasteiger partial charge in [-0.2, -0.15) is 0 Å². The van der Waals surface area contributed by atoms with Gasteiger partial charge in [-0.1, -0.05) is 56.7 Å². The zero-order chi connectivity index (χ0) is 27.8. The van der Waals surface area contributed by atoms with Crippen LogP contribution in [0.4, 0.5) is 0 Å². The van der Waals surface area contributed by atoms with E-state index in [2.05, 4.69) is 10.3 Å². The van der Waals surface area contributed by atoms with E-state index in [0.717, 1.165) is 11.8 Å². The van der Waals surface area contributed by atoms with E-state index in [4.69, 9.17) is 9.15 Å². The Kier molecular flexibility index (Phi) is 9.95. The number of hydrogen-bond acceptors (Lipinski definition) is 8. The predicted octanol–water partition coefficient (Wildman–Crippen LogP) is 2.66. The zero-order valence-electron chi connectivity index (χ0n) is 22.2. The Bertz CT molecular complexity index is 1170. The number of aliphatic hydroxyl groups is 1. The summed E-state index contributed by atoms with van der Waals surface area (Å²) in [5.41, 5.74) is 0.809. The Morgan fingerprint density at radius 2 is 1.95 bits per heavy atom. The van der Waals surface area contributed by atoms with Gasteiger partial charge in [0, 0.05) is 25.4 Å². The molecule has 0 saturated heterocycles. The standard InChI is InChI=1S/C28H35N3O7/c1-17(2)26-19(4)9-10-24(34)29-11-5-7-18(3)13-20(32)14-21(33)15-25-30-22(16-37-25)27(35)31-12-6-8-23(31)28(36)38-26/h5,7-10,13,16-17,19-20,26,32H,6,11-12,14-15H2,1-4H3,(H,29,34)/b7-5?,10-9-,18-13-. The lowest BCUT2D eigenvalue weighted by molar-refractivity contribution is -0.149. The smallest absolute Gasteiger partial charge is 0.355 e. The predicted molar refractivity (Wildman–Crippen MR) is 139 cm³/mol. The summed E-state index contributed by atoms with van der Waals surface area (Å²) in [5.74, 6) is -2.07. The number of ether oxygens (including phenoxy) is 1. The summed E-state index contributed by atoms with van der Waals surface area (Å²) in [6.07, 6.45) is 9.48. The first kappa shape index (κ1) is 28.8. The normalized spacial score (nSPS) is 26.8. The molecule has 3 unspecified atom stereocenters. The number of oxazole rings is 1. The van der Waals surface area contributed by atoms with Crippen molar-refractivity contribution in [3.8, 4) is 0 Å². The van der Waals surface area contributed by atoms with Gasteiger partial charge in [-0.15, -0.1) is 0 Å². The minimum atomic E-state index is -1.01. The van der Waals surface area contributed by atoms with E-state index >= 15 is 0 Å². The molecule has 10 nitrogen and oxygen atoms in total. The lowest BCUT2D eigenvalue weighted by atomic mass is 9.94. The van der Waals surface area contributed by atoms with Crippen LogP contribution in [0.5, 0.6) is 0 Å². The van der Waals surface area contributed by atoms with Crippen LogP contribution in [0.25, 0.3) is 0 Å². The van der Waals surface area contributed by atoms with E-state index in [1.165, 1.54) is 11.0 Å². The van der Waals surface area contributed by atoms with Crippen LogP contribution in [0, 0.1) is 11.8 Å². The molecule has 1 aromatic heterocycles. The highest BCUT2D eigenvalue weighted by Gasteiger charge is 2.33. The molecule has 3 rings (SSSR count). The number of nitrogens with one attached hydrogen (secondary N) is 1. The highest BCUT2D eigenvalue weighted by atomic mass is 16.5. The van der Waals surface area contributed by atoms with Crippen LogP contribution in [0.15, 0.2) is 58.4 Å². The number of cyclic esters (lactones) is 1. The molecule has 38 heavy (non-hydrogen) atoms. The summed E-state index contributed by atoms with van der Waals surface area (Å²) in [4.78, 5) is 56.3. The van der Waals surface area contributed by atoms with E-state index in [-0.39, 0.29) is 66.7 Å². The van der Waals surface area contributed by atoms with Crippen molar-refractivity contribution < 1.29 is 33.4 Å². The van der Waals surface area contributed by atoms with Gasteiger partial charge >= 0.3 is 5.97 Å². The maximum atomic E-state index is 13.1. The molecule has 0 aliphatic carbocycles. The number of carbonyl (C=O) groups is 4. The maximum Gasteiger partial charge on any atom is 0.355 e. The van der Waals surface area contributed by atoms with Crippen molar-refractivity contribution >= 4 is 23.6 Å². The summed E-state index contributed by atoms with van der Waals surface area (Å²) < 4.78 is 11.1. The fraction of sp³-hybridized carbons (Fsp3) is 0.464. The van der Waals surface area contributed by atoms with Gasteiger partial charge in [0.1, 0.15) is 23.8 Å². The molecule has 0 aromatic carbocycles. The first-order chi connectivity index (χ1) is 18.0. The van der Waals surface area contributed by atoms with Crippen LogP contribution in [0.1, 0.15) is 56.9 Å². The van der Waals surface area contributed by atoms with Crippen LogP contribution in [-0.4, -0.2) is 63.9 Å². The number of Topliss-reactive ketones (excluding diaryl/α,β-unsaturated/α-hetero) is 1. The second-order valence-electron chi connectivity index (χ2n) is 9.84. The Morgan fingerprint density at radius 3 is 2.68 bits per heavy atom. The van der Waals surface area contributed by atoms with Crippen molar-refractivity contribution in [3.05, 3.63) is 65.6 Å². The topological polar surface area (TPSA) is 139 Å². The van der Waals surface area contributed by atoms with Gasteiger partial charge in [0.2, 0.25) is 11.8 Å². The molecule has 2 aliphatic heterocycles. The average molecular weight is 526 g/mol. The number of ketones is 1. The molecule has 3 heterocycles. The number of allylic oxidation sites excluding steroid dienone is 2.